The van der Waals surface area contributed by atoms with Crippen LogP contribution in [0.5, 0.6) is 11.6 Å². The molecule has 0 radical (unpaired) electrons. The molecule has 2 aromatic carbocycles. The van der Waals surface area contributed by atoms with Gasteiger partial charge in [-0.05, 0) is 63.6 Å². The second-order valence-corrected chi connectivity index (χ2v) is 9.69. The summed E-state index contributed by atoms with van der Waals surface area (Å²) in [6, 6.07) is 16.3. The highest BCUT2D eigenvalue weighted by molar-refractivity contribution is 7.89. The van der Waals surface area contributed by atoms with Gasteiger partial charge >= 0.3 is 0 Å². The van der Waals surface area contributed by atoms with Crippen LogP contribution >= 0.6 is 0 Å². The van der Waals surface area contributed by atoms with Crippen molar-refractivity contribution < 1.29 is 17.9 Å². The highest BCUT2D eigenvalue weighted by Gasteiger charge is 2.26. The maximum absolute atomic E-state index is 12.1. The molecule has 1 N–H and O–H groups in total. The summed E-state index contributed by atoms with van der Waals surface area (Å²) in [6.45, 7) is 7.87. The molecule has 0 saturated heterocycles. The van der Waals surface area contributed by atoms with Crippen molar-refractivity contribution >= 4 is 16.3 Å². The lowest BCUT2D eigenvalue weighted by Crippen LogP contribution is -2.41. The predicted octanol–water partition coefficient (Wildman–Crippen LogP) is 4.35. The molecule has 0 aliphatic heterocycles. The van der Waals surface area contributed by atoms with Gasteiger partial charge in [0.05, 0.1) is 17.0 Å². The van der Waals surface area contributed by atoms with E-state index in [1.807, 2.05) is 51.1 Å². The number of aldehydes is 1. The molecule has 0 amide bonds. The monoisotopic (exact) mass is 441 g/mol. The van der Waals surface area contributed by atoms with Gasteiger partial charge in [0.15, 0.2) is 0 Å². The number of hydrogen-bond acceptors (Lipinski definition) is 5. The Morgan fingerprint density at radius 1 is 1.10 bits per heavy atom. The van der Waals surface area contributed by atoms with Crippen molar-refractivity contribution in [3.8, 4) is 22.9 Å². The third-order valence-corrected chi connectivity index (χ3v) is 6.53. The number of aromatic nitrogens is 2. The van der Waals surface area contributed by atoms with Gasteiger partial charge in [0, 0.05) is 23.7 Å². The van der Waals surface area contributed by atoms with Crippen molar-refractivity contribution in [2.24, 2.45) is 0 Å². The number of nitrogens with one attached hydrogen (secondary N) is 1. The van der Waals surface area contributed by atoms with E-state index in [9.17, 15) is 13.2 Å². The molecule has 0 bridgehead atoms. The summed E-state index contributed by atoms with van der Waals surface area (Å²) in [5.74, 6) is 1.20. The van der Waals surface area contributed by atoms with E-state index in [2.05, 4.69) is 9.82 Å². The molecule has 3 rings (SSSR count). The highest BCUT2D eigenvalue weighted by Crippen LogP contribution is 2.30. The van der Waals surface area contributed by atoms with E-state index >= 15 is 0 Å². The lowest BCUT2D eigenvalue weighted by Gasteiger charge is -2.26. The van der Waals surface area contributed by atoms with Crippen molar-refractivity contribution in [1.29, 1.82) is 0 Å². The summed E-state index contributed by atoms with van der Waals surface area (Å²) in [5, 5.41) is 4.64. The standard InChI is InChI=1S/C23H27N3O4S/c1-5-26-22(30-20-12-10-17(16-27)11-13-20)15-21(24-26)18-8-7-9-19(14-18)23(3,4)25-31(28,29)6-2/h7-16,25H,5-6H2,1-4H3. The first-order chi connectivity index (χ1) is 14.7. The van der Waals surface area contributed by atoms with Crippen LogP contribution in [0.3, 0.4) is 0 Å². The third kappa shape index (κ3) is 5.39. The zero-order chi connectivity index (χ0) is 22.6. The summed E-state index contributed by atoms with van der Waals surface area (Å²) in [4.78, 5) is 10.8. The molecule has 0 saturated carbocycles. The summed E-state index contributed by atoms with van der Waals surface area (Å²) in [7, 11) is -3.36. The molecular formula is C23H27N3O4S. The van der Waals surface area contributed by atoms with Crippen LogP contribution in [0.1, 0.15) is 43.6 Å². The number of sulfonamides is 1. The topological polar surface area (TPSA) is 90.3 Å². The number of benzene rings is 2. The molecule has 1 heterocycles. The first-order valence-electron chi connectivity index (χ1n) is 10.1. The fourth-order valence-electron chi connectivity index (χ4n) is 3.17. The largest absolute Gasteiger partial charge is 0.439 e. The van der Waals surface area contributed by atoms with Gasteiger partial charge in [-0.1, -0.05) is 18.2 Å². The normalized spacial score (nSPS) is 12.0. The summed E-state index contributed by atoms with van der Waals surface area (Å²) >= 11 is 0. The molecule has 0 atom stereocenters. The molecule has 164 valence electrons. The maximum Gasteiger partial charge on any atom is 0.218 e. The number of carbonyl (C=O) groups is 1. The SMILES string of the molecule is CCn1nc(-c2cccc(C(C)(C)NS(=O)(=O)CC)c2)cc1Oc1ccc(C=O)cc1. The van der Waals surface area contributed by atoms with Crippen molar-refractivity contribution in [2.45, 2.75) is 39.8 Å². The third-order valence-electron chi connectivity index (χ3n) is 4.95. The Labute approximate surface area is 183 Å². The molecule has 3 aromatic rings. The van der Waals surface area contributed by atoms with Crippen LogP contribution in [0.25, 0.3) is 11.3 Å². The Balaban J connectivity index is 1.91. The zero-order valence-electron chi connectivity index (χ0n) is 18.1. The van der Waals surface area contributed by atoms with Crippen LogP contribution in [-0.2, 0) is 22.1 Å². The first kappa shape index (κ1) is 22.7. The summed E-state index contributed by atoms with van der Waals surface area (Å²) in [6.07, 6.45) is 0.785. The average Bonchev–Trinajstić information content (AvgIpc) is 3.16. The van der Waals surface area contributed by atoms with Crippen LogP contribution in [0.15, 0.2) is 54.6 Å². The zero-order valence-corrected chi connectivity index (χ0v) is 18.9. The molecule has 0 fully saturated rings. The van der Waals surface area contributed by atoms with Crippen molar-refractivity contribution in [3.05, 3.63) is 65.7 Å². The van der Waals surface area contributed by atoms with E-state index in [1.54, 1.807) is 35.9 Å². The van der Waals surface area contributed by atoms with Crippen LogP contribution in [0.4, 0.5) is 0 Å². The molecule has 0 unspecified atom stereocenters. The Kier molecular flexibility index (Phi) is 6.62. The van der Waals surface area contributed by atoms with Gasteiger partial charge in [0.25, 0.3) is 0 Å². The smallest absolute Gasteiger partial charge is 0.218 e. The second-order valence-electron chi connectivity index (χ2n) is 7.68. The average molecular weight is 442 g/mol. The fraction of sp³-hybridized carbons (Fsp3) is 0.304. The highest BCUT2D eigenvalue weighted by atomic mass is 32.2. The Morgan fingerprint density at radius 2 is 1.81 bits per heavy atom. The number of nitrogens with zero attached hydrogens (tertiary/aromatic N) is 2. The van der Waals surface area contributed by atoms with Crippen molar-refractivity contribution in [2.75, 3.05) is 5.75 Å². The van der Waals surface area contributed by atoms with Gasteiger partial charge in [-0.15, -0.1) is 0 Å². The summed E-state index contributed by atoms with van der Waals surface area (Å²) in [5.41, 5.74) is 2.22. The number of hydrogen-bond donors (Lipinski definition) is 1. The Morgan fingerprint density at radius 3 is 2.42 bits per heavy atom. The van der Waals surface area contributed by atoms with E-state index in [0.29, 0.717) is 23.7 Å². The minimum atomic E-state index is -3.36. The van der Waals surface area contributed by atoms with E-state index in [1.165, 1.54) is 0 Å². The van der Waals surface area contributed by atoms with Crippen molar-refractivity contribution in [3.63, 3.8) is 0 Å². The number of aryl methyl sites for hydroxylation is 1. The quantitative estimate of drug-likeness (QED) is 0.499. The van der Waals surface area contributed by atoms with Gasteiger partial charge in [0.1, 0.15) is 12.0 Å². The first-order valence-corrected chi connectivity index (χ1v) is 11.8. The molecule has 7 nitrogen and oxygen atoms in total. The molecule has 1 aromatic heterocycles. The minimum Gasteiger partial charge on any atom is -0.439 e. The molecule has 0 aliphatic carbocycles. The molecule has 0 aliphatic rings. The number of ether oxygens (including phenoxy) is 1. The van der Waals surface area contributed by atoms with Gasteiger partial charge in [-0.3, -0.25) is 4.79 Å². The maximum atomic E-state index is 12.1. The van der Waals surface area contributed by atoms with Crippen LogP contribution in [0.2, 0.25) is 0 Å². The van der Waals surface area contributed by atoms with Gasteiger partial charge in [0.2, 0.25) is 15.9 Å². The van der Waals surface area contributed by atoms with Gasteiger partial charge in [-0.2, -0.15) is 5.10 Å². The minimum absolute atomic E-state index is 0.0194. The van der Waals surface area contributed by atoms with E-state index in [0.717, 1.165) is 23.1 Å². The number of carbonyl (C=O) groups excluding carboxylic acids is 1. The molecule has 0 spiro atoms. The number of rotatable bonds is 9. The Hall–Kier alpha value is -2.97. The van der Waals surface area contributed by atoms with Crippen LogP contribution in [0, 0.1) is 0 Å². The second kappa shape index (κ2) is 9.03. The lowest BCUT2D eigenvalue weighted by atomic mass is 9.93. The van der Waals surface area contributed by atoms with Crippen LogP contribution in [-0.4, -0.2) is 30.2 Å². The Bertz CT molecular complexity index is 1170. The lowest BCUT2D eigenvalue weighted by molar-refractivity contribution is 0.112. The van der Waals surface area contributed by atoms with E-state index in [4.69, 9.17) is 4.74 Å². The summed E-state index contributed by atoms with van der Waals surface area (Å²) < 4.78 is 34.6. The van der Waals surface area contributed by atoms with Crippen LogP contribution < -0.4 is 9.46 Å². The van der Waals surface area contributed by atoms with Gasteiger partial charge < -0.3 is 4.74 Å². The predicted molar refractivity (Wildman–Crippen MR) is 121 cm³/mol. The molecule has 31 heavy (non-hydrogen) atoms. The van der Waals surface area contributed by atoms with E-state index < -0.39 is 15.6 Å². The van der Waals surface area contributed by atoms with E-state index in [-0.39, 0.29) is 5.75 Å². The van der Waals surface area contributed by atoms with Crippen molar-refractivity contribution in [1.82, 2.24) is 14.5 Å². The molecular weight excluding hydrogens is 414 g/mol. The van der Waals surface area contributed by atoms with Gasteiger partial charge in [-0.25, -0.2) is 17.8 Å². The fourth-order valence-corrected chi connectivity index (χ4v) is 4.21. The molecule has 8 heteroatoms.